The van der Waals surface area contributed by atoms with Crippen molar-refractivity contribution in [3.8, 4) is 11.5 Å². The molecule has 1 saturated heterocycles. The number of hydrogen-bond donors (Lipinski definition) is 0. The van der Waals surface area contributed by atoms with E-state index in [9.17, 15) is 4.79 Å². The lowest BCUT2D eigenvalue weighted by atomic mass is 10.1. The number of piperazine rings is 1. The van der Waals surface area contributed by atoms with E-state index in [1.165, 1.54) is 5.56 Å². The molecule has 2 aromatic carbocycles. The Bertz CT molecular complexity index is 766. The van der Waals surface area contributed by atoms with E-state index in [1.54, 1.807) is 7.11 Å². The van der Waals surface area contributed by atoms with Gasteiger partial charge in [0.15, 0.2) is 0 Å². The summed E-state index contributed by atoms with van der Waals surface area (Å²) in [6.45, 7) is 9.00. The van der Waals surface area contributed by atoms with E-state index in [-0.39, 0.29) is 5.91 Å². The number of aryl methyl sites for hydroxylation is 1. The number of likely N-dealkylation sites (N-methyl/N-ethyl adjacent to an activating group) is 1. The van der Waals surface area contributed by atoms with E-state index < -0.39 is 0 Å². The molecule has 5 heteroatoms. The van der Waals surface area contributed by atoms with Crippen LogP contribution in [0.5, 0.6) is 11.5 Å². The Labute approximate surface area is 161 Å². The second kappa shape index (κ2) is 8.91. The summed E-state index contributed by atoms with van der Waals surface area (Å²) in [5, 5.41) is 0. The first-order chi connectivity index (χ1) is 13.1. The average molecular weight is 368 g/mol. The summed E-state index contributed by atoms with van der Waals surface area (Å²) in [4.78, 5) is 17.2. The van der Waals surface area contributed by atoms with Gasteiger partial charge in [0.05, 0.1) is 7.11 Å². The van der Waals surface area contributed by atoms with Gasteiger partial charge in [0, 0.05) is 37.3 Å². The molecule has 1 aliphatic rings. The minimum atomic E-state index is 0.0741. The summed E-state index contributed by atoms with van der Waals surface area (Å²) in [6, 6.07) is 13.5. The molecule has 5 nitrogen and oxygen atoms in total. The maximum atomic E-state index is 12.9. The molecule has 0 radical (unpaired) electrons. The summed E-state index contributed by atoms with van der Waals surface area (Å²) in [5.74, 6) is 1.61. The lowest BCUT2D eigenvalue weighted by Gasteiger charge is -2.34. The van der Waals surface area contributed by atoms with Crippen LogP contribution < -0.4 is 9.47 Å². The van der Waals surface area contributed by atoms with Gasteiger partial charge < -0.3 is 19.3 Å². The third-order valence-electron chi connectivity index (χ3n) is 5.05. The van der Waals surface area contributed by atoms with Crippen molar-refractivity contribution in [2.24, 2.45) is 0 Å². The van der Waals surface area contributed by atoms with Crippen LogP contribution in [0.2, 0.25) is 0 Å². The zero-order valence-electron chi connectivity index (χ0n) is 16.4. The number of hydrogen-bond acceptors (Lipinski definition) is 4. The van der Waals surface area contributed by atoms with Crippen LogP contribution in [-0.4, -0.2) is 55.5 Å². The number of ether oxygens (including phenoxy) is 2. The quantitative estimate of drug-likeness (QED) is 0.784. The molecule has 2 aromatic rings. The highest BCUT2D eigenvalue weighted by Crippen LogP contribution is 2.23. The van der Waals surface area contributed by atoms with Gasteiger partial charge in [-0.2, -0.15) is 0 Å². The topological polar surface area (TPSA) is 42.0 Å². The maximum Gasteiger partial charge on any atom is 0.253 e. The third kappa shape index (κ3) is 4.80. The highest BCUT2D eigenvalue weighted by molar-refractivity contribution is 5.94. The highest BCUT2D eigenvalue weighted by atomic mass is 16.5. The molecule has 1 amide bonds. The van der Waals surface area contributed by atoms with Crippen molar-refractivity contribution >= 4 is 5.91 Å². The van der Waals surface area contributed by atoms with E-state index >= 15 is 0 Å². The summed E-state index contributed by atoms with van der Waals surface area (Å²) in [6.07, 6.45) is 0. The number of benzene rings is 2. The summed E-state index contributed by atoms with van der Waals surface area (Å²) < 4.78 is 11.3. The van der Waals surface area contributed by atoms with Crippen molar-refractivity contribution in [2.45, 2.75) is 20.5 Å². The van der Waals surface area contributed by atoms with Crippen molar-refractivity contribution in [3.05, 3.63) is 59.2 Å². The molecular weight excluding hydrogens is 340 g/mol. The first-order valence-electron chi connectivity index (χ1n) is 9.48. The fourth-order valence-corrected chi connectivity index (χ4v) is 3.27. The second-order valence-corrected chi connectivity index (χ2v) is 6.85. The normalized spacial score (nSPS) is 14.9. The van der Waals surface area contributed by atoms with Crippen LogP contribution >= 0.6 is 0 Å². The van der Waals surface area contributed by atoms with E-state index in [2.05, 4.69) is 11.8 Å². The Hall–Kier alpha value is -2.53. The van der Waals surface area contributed by atoms with Gasteiger partial charge >= 0.3 is 0 Å². The molecule has 1 fully saturated rings. The molecular formula is C22H28N2O3. The molecule has 0 bridgehead atoms. The third-order valence-corrected chi connectivity index (χ3v) is 5.05. The molecule has 144 valence electrons. The Balaban J connectivity index is 1.70. The maximum absolute atomic E-state index is 12.9. The van der Waals surface area contributed by atoms with E-state index in [0.29, 0.717) is 12.2 Å². The highest BCUT2D eigenvalue weighted by Gasteiger charge is 2.22. The van der Waals surface area contributed by atoms with Crippen molar-refractivity contribution in [3.63, 3.8) is 0 Å². The van der Waals surface area contributed by atoms with E-state index in [0.717, 1.165) is 49.8 Å². The lowest BCUT2D eigenvalue weighted by Crippen LogP contribution is -2.48. The number of amides is 1. The van der Waals surface area contributed by atoms with Gasteiger partial charge in [-0.3, -0.25) is 4.79 Å². The van der Waals surface area contributed by atoms with Gasteiger partial charge in [-0.25, -0.2) is 0 Å². The largest absolute Gasteiger partial charge is 0.496 e. The lowest BCUT2D eigenvalue weighted by molar-refractivity contribution is 0.0643. The number of nitrogens with zero attached hydrogens (tertiary/aromatic N) is 2. The van der Waals surface area contributed by atoms with Crippen molar-refractivity contribution < 1.29 is 14.3 Å². The molecule has 1 aliphatic heterocycles. The average Bonchev–Trinajstić information content (AvgIpc) is 2.72. The predicted molar refractivity (Wildman–Crippen MR) is 107 cm³/mol. The second-order valence-electron chi connectivity index (χ2n) is 6.85. The van der Waals surface area contributed by atoms with Crippen LogP contribution in [0, 0.1) is 6.92 Å². The van der Waals surface area contributed by atoms with Gasteiger partial charge in [0.25, 0.3) is 5.91 Å². The van der Waals surface area contributed by atoms with Gasteiger partial charge in [-0.05, 0) is 43.8 Å². The number of rotatable bonds is 6. The molecule has 0 aliphatic carbocycles. The van der Waals surface area contributed by atoms with Crippen molar-refractivity contribution in [1.82, 2.24) is 9.80 Å². The van der Waals surface area contributed by atoms with Gasteiger partial charge in [-0.1, -0.05) is 24.6 Å². The zero-order chi connectivity index (χ0) is 19.2. The van der Waals surface area contributed by atoms with Crippen LogP contribution in [0.1, 0.15) is 28.4 Å². The van der Waals surface area contributed by atoms with Crippen LogP contribution in [0.15, 0.2) is 42.5 Å². The zero-order valence-corrected chi connectivity index (χ0v) is 16.4. The molecule has 0 unspecified atom stereocenters. The van der Waals surface area contributed by atoms with Crippen molar-refractivity contribution in [1.29, 1.82) is 0 Å². The minimum Gasteiger partial charge on any atom is -0.496 e. The Morgan fingerprint density at radius 1 is 1.04 bits per heavy atom. The summed E-state index contributed by atoms with van der Waals surface area (Å²) in [7, 11) is 1.64. The number of methoxy groups -OCH3 is 1. The monoisotopic (exact) mass is 368 g/mol. The Morgan fingerprint density at radius 3 is 2.37 bits per heavy atom. The van der Waals surface area contributed by atoms with Crippen LogP contribution in [0.25, 0.3) is 0 Å². The number of carbonyl (C=O) groups is 1. The minimum absolute atomic E-state index is 0.0741. The van der Waals surface area contributed by atoms with Crippen molar-refractivity contribution in [2.75, 3.05) is 39.8 Å². The van der Waals surface area contributed by atoms with Gasteiger partial charge in [-0.15, -0.1) is 0 Å². The van der Waals surface area contributed by atoms with Gasteiger partial charge in [0.2, 0.25) is 0 Å². The predicted octanol–water partition coefficient (Wildman–Crippen LogP) is 3.36. The molecule has 3 rings (SSSR count). The fraction of sp³-hybridized carbons (Fsp3) is 0.409. The molecule has 27 heavy (non-hydrogen) atoms. The van der Waals surface area contributed by atoms with E-state index in [4.69, 9.17) is 9.47 Å². The van der Waals surface area contributed by atoms with Gasteiger partial charge in [0.1, 0.15) is 18.1 Å². The first kappa shape index (κ1) is 19.2. The summed E-state index contributed by atoms with van der Waals surface area (Å²) in [5.41, 5.74) is 2.75. The molecule has 0 spiro atoms. The standard InChI is InChI=1S/C22H28N2O3/c1-4-23-11-13-24(14-12-23)22(25)18-7-10-21(26-3)19(15-18)16-27-20-8-5-17(2)6-9-20/h5-10,15H,4,11-14,16H2,1-3H3. The smallest absolute Gasteiger partial charge is 0.253 e. The van der Waals surface area contributed by atoms with Crippen LogP contribution in [0.4, 0.5) is 0 Å². The Kier molecular flexibility index (Phi) is 6.35. The first-order valence-corrected chi connectivity index (χ1v) is 9.48. The SMILES string of the molecule is CCN1CCN(C(=O)c2ccc(OC)c(COc3ccc(C)cc3)c2)CC1. The molecule has 0 saturated carbocycles. The molecule has 1 heterocycles. The van der Waals surface area contributed by atoms with Crippen LogP contribution in [-0.2, 0) is 6.61 Å². The molecule has 0 aromatic heterocycles. The Morgan fingerprint density at radius 2 is 1.74 bits per heavy atom. The number of carbonyl (C=O) groups excluding carboxylic acids is 1. The summed E-state index contributed by atoms with van der Waals surface area (Å²) >= 11 is 0. The van der Waals surface area contributed by atoms with E-state index in [1.807, 2.05) is 54.3 Å². The fourth-order valence-electron chi connectivity index (χ4n) is 3.27. The molecule has 0 N–H and O–H groups in total. The van der Waals surface area contributed by atoms with Crippen LogP contribution in [0.3, 0.4) is 0 Å². The molecule has 0 atom stereocenters.